The molecule has 0 amide bonds. The van der Waals surface area contributed by atoms with Gasteiger partial charge in [-0.3, -0.25) is 4.57 Å². The van der Waals surface area contributed by atoms with E-state index >= 15 is 0 Å². The lowest BCUT2D eigenvalue weighted by molar-refractivity contribution is 1.35. The smallest absolute Gasteiger partial charge is 0.142 e. The standard InChI is InChI=1S/C13H9NS2/c15-13(16)14-11-7-3-1-5-9(11)10-6-2-4-8-12(10)14/h1-8H,(H,15,16). The first-order valence-electron chi connectivity index (χ1n) is 5.00. The molecule has 3 aromatic rings. The predicted octanol–water partition coefficient (Wildman–Crippen LogP) is 3.86. The maximum Gasteiger partial charge on any atom is 0.142 e. The van der Waals surface area contributed by atoms with Gasteiger partial charge in [-0.25, -0.2) is 0 Å². The molecule has 2 aromatic carbocycles. The largest absolute Gasteiger partial charge is 0.295 e. The van der Waals surface area contributed by atoms with Crippen LogP contribution in [-0.2, 0) is 0 Å². The summed E-state index contributed by atoms with van der Waals surface area (Å²) in [5, 5.41) is 2.43. The molecule has 1 nitrogen and oxygen atoms in total. The van der Waals surface area contributed by atoms with Crippen LogP contribution in [0.4, 0.5) is 0 Å². The topological polar surface area (TPSA) is 4.93 Å². The van der Waals surface area contributed by atoms with Gasteiger partial charge in [-0.1, -0.05) is 48.6 Å². The second kappa shape index (κ2) is 3.61. The van der Waals surface area contributed by atoms with Gasteiger partial charge < -0.3 is 0 Å². The van der Waals surface area contributed by atoms with Gasteiger partial charge in [0.2, 0.25) is 0 Å². The first-order chi connectivity index (χ1) is 7.79. The van der Waals surface area contributed by atoms with Gasteiger partial charge in [0, 0.05) is 10.8 Å². The number of para-hydroxylation sites is 2. The second-order valence-electron chi connectivity index (χ2n) is 3.65. The van der Waals surface area contributed by atoms with Crippen molar-refractivity contribution >= 4 is 51.0 Å². The fourth-order valence-corrected chi connectivity index (χ4v) is 2.54. The molecule has 1 heterocycles. The molecule has 0 bridgehead atoms. The van der Waals surface area contributed by atoms with Crippen molar-refractivity contribution in [2.75, 3.05) is 0 Å². The van der Waals surface area contributed by atoms with Gasteiger partial charge >= 0.3 is 0 Å². The predicted molar refractivity (Wildman–Crippen MR) is 76.4 cm³/mol. The number of rotatable bonds is 0. The highest BCUT2D eigenvalue weighted by atomic mass is 32.1. The van der Waals surface area contributed by atoms with Crippen LogP contribution >= 0.6 is 24.8 Å². The van der Waals surface area contributed by atoms with Gasteiger partial charge in [0.15, 0.2) is 0 Å². The van der Waals surface area contributed by atoms with E-state index in [4.69, 9.17) is 12.2 Å². The van der Waals surface area contributed by atoms with E-state index in [1.54, 1.807) is 0 Å². The summed E-state index contributed by atoms with van der Waals surface area (Å²) in [5.74, 6) is 0. The molecule has 3 heteroatoms. The van der Waals surface area contributed by atoms with Crippen LogP contribution in [0.15, 0.2) is 48.5 Å². The van der Waals surface area contributed by atoms with E-state index < -0.39 is 0 Å². The zero-order valence-electron chi connectivity index (χ0n) is 8.42. The van der Waals surface area contributed by atoms with Crippen LogP contribution in [0, 0.1) is 0 Å². The molecule has 0 fully saturated rings. The summed E-state index contributed by atoms with van der Waals surface area (Å²) in [7, 11) is 0. The Morgan fingerprint density at radius 2 is 1.31 bits per heavy atom. The molecule has 0 aliphatic rings. The van der Waals surface area contributed by atoms with Crippen LogP contribution in [0.2, 0.25) is 0 Å². The Morgan fingerprint density at radius 3 is 1.75 bits per heavy atom. The third kappa shape index (κ3) is 1.29. The maximum absolute atomic E-state index is 5.20. The Hall–Kier alpha value is -1.32. The number of benzene rings is 2. The Kier molecular flexibility index (Phi) is 2.23. The van der Waals surface area contributed by atoms with Crippen LogP contribution in [0.3, 0.4) is 0 Å². The fraction of sp³-hybridized carbons (Fsp3) is 0. The Morgan fingerprint density at radius 1 is 0.875 bits per heavy atom. The molecular weight excluding hydrogens is 234 g/mol. The van der Waals surface area contributed by atoms with E-state index in [9.17, 15) is 0 Å². The number of hydrogen-bond donors (Lipinski definition) is 1. The van der Waals surface area contributed by atoms with Crippen LogP contribution < -0.4 is 0 Å². The van der Waals surface area contributed by atoms with Crippen LogP contribution in [0.25, 0.3) is 21.8 Å². The average Bonchev–Trinajstić information content (AvgIpc) is 2.63. The highest BCUT2D eigenvalue weighted by Gasteiger charge is 2.10. The summed E-state index contributed by atoms with van der Waals surface area (Å²) in [6.07, 6.45) is 0. The first-order valence-corrected chi connectivity index (χ1v) is 5.86. The molecular formula is C13H9NS2. The normalized spacial score (nSPS) is 11.1. The molecule has 0 saturated carbocycles. The number of fused-ring (bicyclic) bond motifs is 3. The molecule has 78 valence electrons. The van der Waals surface area contributed by atoms with Crippen molar-refractivity contribution in [1.82, 2.24) is 4.57 Å². The summed E-state index contributed by atoms with van der Waals surface area (Å²) in [6, 6.07) is 16.5. The zero-order chi connectivity index (χ0) is 11.1. The molecule has 0 aliphatic carbocycles. The number of aromatic nitrogens is 1. The third-order valence-electron chi connectivity index (χ3n) is 2.77. The van der Waals surface area contributed by atoms with E-state index in [2.05, 4.69) is 36.9 Å². The van der Waals surface area contributed by atoms with Crippen molar-refractivity contribution in [2.45, 2.75) is 0 Å². The summed E-state index contributed by atoms with van der Waals surface area (Å²) >= 11 is 9.50. The van der Waals surface area contributed by atoms with E-state index in [1.165, 1.54) is 10.8 Å². The van der Waals surface area contributed by atoms with Crippen molar-refractivity contribution in [3.63, 3.8) is 0 Å². The summed E-state index contributed by atoms with van der Waals surface area (Å²) in [4.78, 5) is 0. The minimum Gasteiger partial charge on any atom is -0.295 e. The van der Waals surface area contributed by atoms with Gasteiger partial charge in [-0.05, 0) is 12.1 Å². The number of nitrogens with zero attached hydrogens (tertiary/aromatic N) is 1. The van der Waals surface area contributed by atoms with Gasteiger partial charge in [0.25, 0.3) is 0 Å². The van der Waals surface area contributed by atoms with Gasteiger partial charge in [0.1, 0.15) is 4.32 Å². The van der Waals surface area contributed by atoms with Crippen molar-refractivity contribution in [3.8, 4) is 0 Å². The van der Waals surface area contributed by atoms with E-state index in [1.807, 2.05) is 28.8 Å². The molecule has 0 N–H and O–H groups in total. The molecule has 1 aromatic heterocycles. The number of thiocarbonyl (C=S) groups is 1. The van der Waals surface area contributed by atoms with Crippen molar-refractivity contribution in [2.24, 2.45) is 0 Å². The molecule has 0 saturated heterocycles. The van der Waals surface area contributed by atoms with E-state index in [-0.39, 0.29) is 0 Å². The summed E-state index contributed by atoms with van der Waals surface area (Å²) in [6.45, 7) is 0. The molecule has 0 atom stereocenters. The van der Waals surface area contributed by atoms with Crippen LogP contribution in [0.1, 0.15) is 0 Å². The van der Waals surface area contributed by atoms with E-state index in [0.29, 0.717) is 4.32 Å². The quantitative estimate of drug-likeness (QED) is 0.464. The lowest BCUT2D eigenvalue weighted by atomic mass is 10.2. The van der Waals surface area contributed by atoms with Crippen molar-refractivity contribution in [1.29, 1.82) is 0 Å². The molecule has 0 radical (unpaired) electrons. The molecule has 3 rings (SSSR count). The Balaban J connectivity index is 2.64. The van der Waals surface area contributed by atoms with Gasteiger partial charge in [-0.2, -0.15) is 0 Å². The molecule has 0 unspecified atom stereocenters. The SMILES string of the molecule is S=C(S)n1c2ccccc2c2ccccc21. The van der Waals surface area contributed by atoms with Crippen LogP contribution in [0.5, 0.6) is 0 Å². The van der Waals surface area contributed by atoms with Crippen molar-refractivity contribution in [3.05, 3.63) is 48.5 Å². The lowest BCUT2D eigenvalue weighted by Gasteiger charge is -2.02. The zero-order valence-corrected chi connectivity index (χ0v) is 10.1. The first kappa shape index (κ1) is 9.87. The molecule has 0 aliphatic heterocycles. The molecule has 16 heavy (non-hydrogen) atoms. The third-order valence-corrected chi connectivity index (χ3v) is 3.15. The minimum atomic E-state index is 0.581. The minimum absolute atomic E-state index is 0.581. The number of thiol groups is 1. The van der Waals surface area contributed by atoms with E-state index in [0.717, 1.165) is 11.0 Å². The number of hydrogen-bond acceptors (Lipinski definition) is 1. The maximum atomic E-state index is 5.20. The second-order valence-corrected chi connectivity index (χ2v) is 4.77. The van der Waals surface area contributed by atoms with Gasteiger partial charge in [-0.15, -0.1) is 12.6 Å². The lowest BCUT2D eigenvalue weighted by Crippen LogP contribution is -2.00. The Labute approximate surface area is 104 Å². The highest BCUT2D eigenvalue weighted by molar-refractivity contribution is 8.11. The molecule has 0 spiro atoms. The fourth-order valence-electron chi connectivity index (χ4n) is 2.13. The average molecular weight is 243 g/mol. The van der Waals surface area contributed by atoms with Gasteiger partial charge in [0.05, 0.1) is 11.0 Å². The van der Waals surface area contributed by atoms with Crippen LogP contribution in [-0.4, -0.2) is 8.89 Å². The summed E-state index contributed by atoms with van der Waals surface area (Å²) < 4.78 is 2.58. The summed E-state index contributed by atoms with van der Waals surface area (Å²) in [5.41, 5.74) is 2.23. The monoisotopic (exact) mass is 243 g/mol. The van der Waals surface area contributed by atoms with Crippen molar-refractivity contribution < 1.29 is 0 Å². The highest BCUT2D eigenvalue weighted by Crippen LogP contribution is 2.28. The Bertz CT molecular complexity index is 644.